The van der Waals surface area contributed by atoms with Crippen LogP contribution in [0.2, 0.25) is 10.0 Å². The number of hydrogen-bond donors (Lipinski definition) is 1. The van der Waals surface area contributed by atoms with Crippen LogP contribution >= 0.6 is 39.1 Å². The number of nitrogen functional groups attached to an aromatic ring is 1. The Morgan fingerprint density at radius 2 is 2.00 bits per heavy atom. The summed E-state index contributed by atoms with van der Waals surface area (Å²) in [6.07, 6.45) is 1.52. The van der Waals surface area contributed by atoms with Gasteiger partial charge >= 0.3 is 0 Å². The van der Waals surface area contributed by atoms with E-state index in [1.807, 2.05) is 0 Å². The summed E-state index contributed by atoms with van der Waals surface area (Å²) < 4.78 is 0.735. The monoisotopic (exact) mass is 290 g/mol. The third-order valence-corrected chi connectivity index (χ3v) is 3.66. The van der Waals surface area contributed by atoms with Gasteiger partial charge in [0.1, 0.15) is 0 Å². The van der Waals surface area contributed by atoms with Gasteiger partial charge in [-0.2, -0.15) is 0 Å². The molecule has 5 heteroatoms. The molecule has 72 valence electrons. The van der Waals surface area contributed by atoms with Gasteiger partial charge in [0.2, 0.25) is 0 Å². The van der Waals surface area contributed by atoms with Crippen LogP contribution in [0.1, 0.15) is 0 Å². The number of nitrogens with two attached hydrogens (primary N) is 1. The topological polar surface area (TPSA) is 38.9 Å². The molecule has 0 unspecified atom stereocenters. The first-order valence-electron chi connectivity index (χ1n) is 3.79. The predicted molar refractivity (Wildman–Crippen MR) is 63.9 cm³/mol. The molecular formula is C9H5BrCl2N2. The number of halogens is 3. The molecule has 1 heterocycles. The molecule has 0 spiro atoms. The summed E-state index contributed by atoms with van der Waals surface area (Å²) in [4.78, 5) is 4.16. The van der Waals surface area contributed by atoms with Crippen molar-refractivity contribution in [3.8, 4) is 0 Å². The van der Waals surface area contributed by atoms with Crippen molar-refractivity contribution in [2.24, 2.45) is 0 Å². The molecule has 14 heavy (non-hydrogen) atoms. The first kappa shape index (κ1) is 10.0. The minimum atomic E-state index is 0.466. The van der Waals surface area contributed by atoms with Gasteiger partial charge in [-0.1, -0.05) is 23.2 Å². The number of benzene rings is 1. The lowest BCUT2D eigenvalue weighted by atomic mass is 10.2. The smallest absolute Gasteiger partial charge is 0.0875 e. The fourth-order valence-electron chi connectivity index (χ4n) is 1.19. The van der Waals surface area contributed by atoms with Crippen LogP contribution in [0.3, 0.4) is 0 Å². The first-order chi connectivity index (χ1) is 6.61. The highest BCUT2D eigenvalue weighted by molar-refractivity contribution is 9.10. The Balaban J connectivity index is 2.94. The zero-order valence-corrected chi connectivity index (χ0v) is 9.99. The van der Waals surface area contributed by atoms with Gasteiger partial charge in [0.25, 0.3) is 0 Å². The molecule has 0 aliphatic heterocycles. The minimum Gasteiger partial charge on any atom is -0.396 e. The maximum atomic E-state index is 6.02. The highest BCUT2D eigenvalue weighted by Crippen LogP contribution is 2.35. The zero-order valence-electron chi connectivity index (χ0n) is 6.89. The van der Waals surface area contributed by atoms with Gasteiger partial charge in [-0.3, -0.25) is 4.98 Å². The van der Waals surface area contributed by atoms with Crippen molar-refractivity contribution in [3.63, 3.8) is 0 Å². The number of anilines is 1. The van der Waals surface area contributed by atoms with E-state index >= 15 is 0 Å². The van der Waals surface area contributed by atoms with E-state index in [4.69, 9.17) is 28.9 Å². The Morgan fingerprint density at radius 1 is 1.29 bits per heavy atom. The third-order valence-electron chi connectivity index (χ3n) is 1.89. The molecule has 0 saturated heterocycles. The predicted octanol–water partition coefficient (Wildman–Crippen LogP) is 3.89. The largest absolute Gasteiger partial charge is 0.396 e. The summed E-state index contributed by atoms with van der Waals surface area (Å²) in [7, 11) is 0. The highest BCUT2D eigenvalue weighted by Gasteiger charge is 2.09. The molecule has 0 amide bonds. The molecule has 0 fully saturated rings. The Hall–Kier alpha value is -0.510. The van der Waals surface area contributed by atoms with E-state index in [2.05, 4.69) is 20.9 Å². The number of pyridine rings is 1. The van der Waals surface area contributed by atoms with Crippen LogP contribution in [-0.4, -0.2) is 4.98 Å². The van der Waals surface area contributed by atoms with Crippen molar-refractivity contribution in [2.45, 2.75) is 0 Å². The molecule has 0 radical (unpaired) electrons. The van der Waals surface area contributed by atoms with Crippen LogP contribution < -0.4 is 5.73 Å². The van der Waals surface area contributed by atoms with Gasteiger partial charge in [-0.25, -0.2) is 0 Å². The molecule has 2 nitrogen and oxygen atoms in total. The van der Waals surface area contributed by atoms with Crippen LogP contribution in [0.4, 0.5) is 5.69 Å². The summed E-state index contributed by atoms with van der Waals surface area (Å²) >= 11 is 15.3. The Labute approximate surface area is 99.1 Å². The second-order valence-corrected chi connectivity index (χ2v) is 4.36. The molecule has 2 N–H and O–H groups in total. The number of rotatable bonds is 0. The van der Waals surface area contributed by atoms with E-state index in [1.54, 1.807) is 12.1 Å². The van der Waals surface area contributed by atoms with Crippen molar-refractivity contribution in [1.29, 1.82) is 0 Å². The van der Waals surface area contributed by atoms with E-state index in [-0.39, 0.29) is 0 Å². The molecule has 0 aliphatic rings. The second kappa shape index (κ2) is 3.57. The van der Waals surface area contributed by atoms with Crippen LogP contribution in [0, 0.1) is 0 Å². The summed E-state index contributed by atoms with van der Waals surface area (Å²) in [6.45, 7) is 0. The van der Waals surface area contributed by atoms with E-state index in [9.17, 15) is 0 Å². The molecule has 2 rings (SSSR count). The van der Waals surface area contributed by atoms with Gasteiger partial charge < -0.3 is 5.73 Å². The zero-order chi connectivity index (χ0) is 10.3. The normalized spacial score (nSPS) is 10.8. The summed E-state index contributed by atoms with van der Waals surface area (Å²) in [5, 5.41) is 1.90. The van der Waals surface area contributed by atoms with Crippen molar-refractivity contribution in [1.82, 2.24) is 4.98 Å². The number of nitrogens with zero attached hydrogens (tertiary/aromatic N) is 1. The lowest BCUT2D eigenvalue weighted by Gasteiger charge is -2.05. The fraction of sp³-hybridized carbons (Fsp3) is 0. The first-order valence-corrected chi connectivity index (χ1v) is 5.34. The van der Waals surface area contributed by atoms with Gasteiger partial charge in [0, 0.05) is 5.39 Å². The lowest BCUT2D eigenvalue weighted by molar-refractivity contribution is 1.40. The molecule has 0 atom stereocenters. The molecule has 0 bridgehead atoms. The quantitative estimate of drug-likeness (QED) is 0.800. The number of fused-ring (bicyclic) bond motifs is 1. The maximum Gasteiger partial charge on any atom is 0.0875 e. The van der Waals surface area contributed by atoms with Crippen LogP contribution in [0.5, 0.6) is 0 Å². The Bertz CT molecular complexity index is 466. The van der Waals surface area contributed by atoms with Crippen molar-refractivity contribution >= 4 is 55.7 Å². The summed E-state index contributed by atoms with van der Waals surface area (Å²) in [6, 6.07) is 3.55. The molecule has 2 aromatic rings. The van der Waals surface area contributed by atoms with Gasteiger partial charge in [0.05, 0.1) is 31.9 Å². The van der Waals surface area contributed by atoms with Crippen LogP contribution in [-0.2, 0) is 0 Å². The summed E-state index contributed by atoms with van der Waals surface area (Å²) in [5.41, 5.74) is 6.82. The minimum absolute atomic E-state index is 0.466. The average Bonchev–Trinajstić information content (AvgIpc) is 2.17. The number of hydrogen-bond acceptors (Lipinski definition) is 2. The molecule has 1 aromatic heterocycles. The number of aromatic nitrogens is 1. The standard InChI is InChI=1S/C9H5BrCl2N2/c10-7-5(11)2-1-4-8(12)6(13)3-14-9(4)7/h1-3H,13H2. The lowest BCUT2D eigenvalue weighted by Crippen LogP contribution is -1.90. The van der Waals surface area contributed by atoms with Gasteiger partial charge in [-0.05, 0) is 28.1 Å². The molecular weight excluding hydrogens is 287 g/mol. The Morgan fingerprint density at radius 3 is 2.71 bits per heavy atom. The average molecular weight is 292 g/mol. The summed E-state index contributed by atoms with van der Waals surface area (Å²) in [5.74, 6) is 0. The molecule has 1 aromatic carbocycles. The maximum absolute atomic E-state index is 6.02. The SMILES string of the molecule is Nc1cnc2c(Br)c(Cl)ccc2c1Cl. The van der Waals surface area contributed by atoms with Gasteiger partial charge in [-0.15, -0.1) is 0 Å². The van der Waals surface area contributed by atoms with Crippen LogP contribution in [0.25, 0.3) is 10.9 Å². The Kier molecular flexibility index (Phi) is 2.56. The highest BCUT2D eigenvalue weighted by atomic mass is 79.9. The van der Waals surface area contributed by atoms with Crippen molar-refractivity contribution in [2.75, 3.05) is 5.73 Å². The fourth-order valence-corrected chi connectivity index (χ4v) is 1.99. The van der Waals surface area contributed by atoms with Crippen molar-refractivity contribution in [3.05, 3.63) is 32.8 Å². The van der Waals surface area contributed by atoms with E-state index in [1.165, 1.54) is 6.20 Å². The van der Waals surface area contributed by atoms with Gasteiger partial charge in [0.15, 0.2) is 0 Å². The van der Waals surface area contributed by atoms with E-state index < -0.39 is 0 Å². The van der Waals surface area contributed by atoms with Crippen molar-refractivity contribution < 1.29 is 0 Å². The second-order valence-electron chi connectivity index (χ2n) is 2.79. The molecule has 0 saturated carbocycles. The third kappa shape index (κ3) is 1.45. The molecule has 0 aliphatic carbocycles. The van der Waals surface area contributed by atoms with E-state index in [0.717, 1.165) is 15.4 Å². The van der Waals surface area contributed by atoms with E-state index in [0.29, 0.717) is 15.7 Å². The van der Waals surface area contributed by atoms with Crippen LogP contribution in [0.15, 0.2) is 22.8 Å².